The van der Waals surface area contributed by atoms with Crippen molar-refractivity contribution < 1.29 is 9.47 Å². The molecule has 0 saturated heterocycles. The minimum atomic E-state index is 0.167. The Morgan fingerprint density at radius 2 is 1.93 bits per heavy atom. The summed E-state index contributed by atoms with van der Waals surface area (Å²) in [7, 11) is 1.73. The highest BCUT2D eigenvalue weighted by Gasteiger charge is 2.27. The highest BCUT2D eigenvalue weighted by Crippen LogP contribution is 2.38. The lowest BCUT2D eigenvalue weighted by atomic mass is 9.87. The van der Waals surface area contributed by atoms with E-state index >= 15 is 0 Å². The van der Waals surface area contributed by atoms with Crippen molar-refractivity contribution in [2.75, 3.05) is 20.3 Å². The molecule has 1 aliphatic rings. The smallest absolute Gasteiger partial charge is 0.120 e. The molecule has 142 valence electrons. The maximum Gasteiger partial charge on any atom is 0.120 e. The van der Waals surface area contributed by atoms with E-state index in [2.05, 4.69) is 54.5 Å². The van der Waals surface area contributed by atoms with Gasteiger partial charge in [-0.25, -0.2) is 0 Å². The van der Waals surface area contributed by atoms with Crippen LogP contribution in [0.25, 0.3) is 10.9 Å². The van der Waals surface area contributed by atoms with Gasteiger partial charge in [-0.05, 0) is 66.3 Å². The van der Waals surface area contributed by atoms with Crippen LogP contribution in [0.5, 0.6) is 11.5 Å². The summed E-state index contributed by atoms with van der Waals surface area (Å²) >= 11 is 0. The summed E-state index contributed by atoms with van der Waals surface area (Å²) in [6, 6.07) is 13.0. The van der Waals surface area contributed by atoms with Crippen LogP contribution >= 0.6 is 0 Å². The second-order valence-corrected chi connectivity index (χ2v) is 7.44. The summed E-state index contributed by atoms with van der Waals surface area (Å²) in [5.74, 6) is 2.28. The van der Waals surface area contributed by atoms with E-state index in [-0.39, 0.29) is 6.04 Å². The molecule has 0 saturated carbocycles. The molecule has 1 aromatic heterocycles. The van der Waals surface area contributed by atoms with E-state index in [1.165, 1.54) is 33.3 Å². The normalized spacial score (nSPS) is 16.6. The van der Waals surface area contributed by atoms with Crippen LogP contribution in [-0.4, -0.2) is 25.2 Å². The van der Waals surface area contributed by atoms with Crippen molar-refractivity contribution in [3.05, 3.63) is 58.8 Å². The highest BCUT2D eigenvalue weighted by molar-refractivity contribution is 5.86. The molecular formula is C23H28N2O2. The number of benzene rings is 2. The van der Waals surface area contributed by atoms with E-state index in [1.54, 1.807) is 7.11 Å². The molecule has 4 nitrogen and oxygen atoms in total. The predicted molar refractivity (Wildman–Crippen MR) is 110 cm³/mol. The van der Waals surface area contributed by atoms with Crippen molar-refractivity contribution >= 4 is 10.9 Å². The first-order valence-corrected chi connectivity index (χ1v) is 9.80. The Balaban J connectivity index is 1.83. The molecule has 2 N–H and O–H groups in total. The lowest BCUT2D eigenvalue weighted by molar-refractivity contribution is 0.340. The van der Waals surface area contributed by atoms with Gasteiger partial charge in [-0.1, -0.05) is 19.9 Å². The first kappa shape index (κ1) is 17.9. The molecular weight excluding hydrogens is 336 g/mol. The minimum Gasteiger partial charge on any atom is -0.497 e. The van der Waals surface area contributed by atoms with Crippen LogP contribution in [0.3, 0.4) is 0 Å². The average Bonchev–Trinajstić information content (AvgIpc) is 3.06. The van der Waals surface area contributed by atoms with E-state index in [1.807, 2.05) is 13.0 Å². The summed E-state index contributed by atoms with van der Waals surface area (Å²) in [6.07, 6.45) is 1.02. The van der Waals surface area contributed by atoms with Crippen molar-refractivity contribution in [3.63, 3.8) is 0 Å². The first-order chi connectivity index (χ1) is 13.1. The van der Waals surface area contributed by atoms with Crippen LogP contribution in [0.2, 0.25) is 0 Å². The second-order valence-electron chi connectivity index (χ2n) is 7.44. The largest absolute Gasteiger partial charge is 0.497 e. The van der Waals surface area contributed by atoms with E-state index in [0.29, 0.717) is 12.5 Å². The number of rotatable bonds is 5. The van der Waals surface area contributed by atoms with Gasteiger partial charge in [0, 0.05) is 23.1 Å². The Labute approximate surface area is 160 Å². The monoisotopic (exact) mass is 364 g/mol. The van der Waals surface area contributed by atoms with Crippen molar-refractivity contribution in [3.8, 4) is 11.5 Å². The first-order valence-electron chi connectivity index (χ1n) is 9.80. The molecule has 27 heavy (non-hydrogen) atoms. The van der Waals surface area contributed by atoms with Crippen LogP contribution in [0.4, 0.5) is 0 Å². The second kappa shape index (κ2) is 7.28. The van der Waals surface area contributed by atoms with E-state index in [4.69, 9.17) is 9.47 Å². The molecule has 1 unspecified atom stereocenters. The fraction of sp³-hybridized carbons (Fsp3) is 0.391. The molecule has 2 aromatic carbocycles. The van der Waals surface area contributed by atoms with Crippen LogP contribution in [0.15, 0.2) is 36.4 Å². The molecule has 3 aromatic rings. The van der Waals surface area contributed by atoms with Crippen LogP contribution < -0.4 is 14.8 Å². The SMILES string of the molecule is CCOc1ccc2[nH]c3c(c2c1)CCNC3c1ccc(OC)cc1C(C)C. The fourth-order valence-corrected chi connectivity index (χ4v) is 4.17. The van der Waals surface area contributed by atoms with Gasteiger partial charge in [-0.15, -0.1) is 0 Å². The van der Waals surface area contributed by atoms with Gasteiger partial charge in [0.2, 0.25) is 0 Å². The van der Waals surface area contributed by atoms with Gasteiger partial charge >= 0.3 is 0 Å². The van der Waals surface area contributed by atoms with Gasteiger partial charge in [0.15, 0.2) is 0 Å². The predicted octanol–water partition coefficient (Wildman–Crippen LogP) is 4.93. The maximum atomic E-state index is 5.72. The molecule has 1 atom stereocenters. The van der Waals surface area contributed by atoms with Crippen molar-refractivity contribution in [1.82, 2.24) is 10.3 Å². The third kappa shape index (κ3) is 3.19. The number of hydrogen-bond donors (Lipinski definition) is 2. The Kier molecular flexibility index (Phi) is 4.83. The molecule has 4 rings (SSSR count). The number of aromatic nitrogens is 1. The van der Waals surface area contributed by atoms with Crippen LogP contribution in [0.1, 0.15) is 55.1 Å². The van der Waals surface area contributed by atoms with Gasteiger partial charge in [-0.2, -0.15) is 0 Å². The van der Waals surface area contributed by atoms with Crippen molar-refractivity contribution in [2.45, 2.75) is 39.2 Å². The van der Waals surface area contributed by atoms with E-state index in [9.17, 15) is 0 Å². The molecule has 4 heteroatoms. The van der Waals surface area contributed by atoms with Gasteiger partial charge < -0.3 is 19.8 Å². The summed E-state index contributed by atoms with van der Waals surface area (Å²) in [5.41, 5.74) is 6.51. The summed E-state index contributed by atoms with van der Waals surface area (Å²) in [6.45, 7) is 8.15. The fourth-order valence-electron chi connectivity index (χ4n) is 4.17. The van der Waals surface area contributed by atoms with Crippen LogP contribution in [0, 0.1) is 0 Å². The zero-order chi connectivity index (χ0) is 19.0. The number of aromatic amines is 1. The maximum absolute atomic E-state index is 5.72. The standard InChI is InChI=1S/C23H28N2O2/c1-5-27-16-7-9-21-20(13-16)18-10-11-24-22(23(18)25-21)17-8-6-15(26-4)12-19(17)14(2)3/h6-9,12-14,22,24-25H,5,10-11H2,1-4H3. The topological polar surface area (TPSA) is 46.3 Å². The lowest BCUT2D eigenvalue weighted by Crippen LogP contribution is -2.31. The van der Waals surface area contributed by atoms with Crippen molar-refractivity contribution in [1.29, 1.82) is 0 Å². The van der Waals surface area contributed by atoms with Gasteiger partial charge in [-0.3, -0.25) is 0 Å². The van der Waals surface area contributed by atoms with Gasteiger partial charge in [0.05, 0.1) is 19.8 Å². The number of fused-ring (bicyclic) bond motifs is 3. The summed E-state index contributed by atoms with van der Waals surface area (Å²) in [4.78, 5) is 3.68. The molecule has 2 heterocycles. The van der Waals surface area contributed by atoms with E-state index in [0.717, 1.165) is 24.5 Å². The number of H-pyrrole nitrogens is 1. The molecule has 0 spiro atoms. The van der Waals surface area contributed by atoms with Crippen LogP contribution in [-0.2, 0) is 6.42 Å². The third-order valence-corrected chi connectivity index (χ3v) is 5.46. The summed E-state index contributed by atoms with van der Waals surface area (Å²) in [5, 5.41) is 5.00. The van der Waals surface area contributed by atoms with Gasteiger partial charge in [0.1, 0.15) is 11.5 Å². The minimum absolute atomic E-state index is 0.167. The van der Waals surface area contributed by atoms with Crippen molar-refractivity contribution in [2.24, 2.45) is 0 Å². The Morgan fingerprint density at radius 1 is 1.11 bits per heavy atom. The number of nitrogens with one attached hydrogen (secondary N) is 2. The van der Waals surface area contributed by atoms with Gasteiger partial charge in [0.25, 0.3) is 0 Å². The number of hydrogen-bond acceptors (Lipinski definition) is 3. The molecule has 0 bridgehead atoms. The number of ether oxygens (including phenoxy) is 2. The zero-order valence-corrected chi connectivity index (χ0v) is 16.6. The zero-order valence-electron chi connectivity index (χ0n) is 16.6. The Bertz CT molecular complexity index is 958. The highest BCUT2D eigenvalue weighted by atomic mass is 16.5. The van der Waals surface area contributed by atoms with E-state index < -0.39 is 0 Å². The molecule has 0 fully saturated rings. The molecule has 0 amide bonds. The lowest BCUT2D eigenvalue weighted by Gasteiger charge is -2.28. The Hall–Kier alpha value is -2.46. The molecule has 0 aliphatic carbocycles. The quantitative estimate of drug-likeness (QED) is 0.674. The third-order valence-electron chi connectivity index (χ3n) is 5.46. The molecule has 1 aliphatic heterocycles. The average molecular weight is 364 g/mol. The number of methoxy groups -OCH3 is 1. The summed E-state index contributed by atoms with van der Waals surface area (Å²) < 4.78 is 11.2. The Morgan fingerprint density at radius 3 is 2.67 bits per heavy atom. The molecule has 0 radical (unpaired) electrons.